The Morgan fingerprint density at radius 1 is 0.951 bits per heavy atom. The maximum Gasteiger partial charge on any atom is 0.343 e. The van der Waals surface area contributed by atoms with Crippen molar-refractivity contribution in [3.8, 4) is 11.5 Å². The molecule has 0 aromatic heterocycles. The molecule has 1 amide bonds. The molecule has 0 saturated heterocycles. The number of benzene rings is 3. The van der Waals surface area contributed by atoms with E-state index in [1.165, 1.54) is 12.8 Å². The van der Waals surface area contributed by atoms with Crippen molar-refractivity contribution in [1.82, 2.24) is 5.32 Å². The van der Waals surface area contributed by atoms with Crippen molar-refractivity contribution >= 4 is 23.5 Å². The third-order valence-corrected chi connectivity index (χ3v) is 7.08. The van der Waals surface area contributed by atoms with E-state index < -0.39 is 18.0 Å². The van der Waals surface area contributed by atoms with E-state index in [1.807, 2.05) is 32.0 Å². The number of aliphatic carboxylic acids is 1. The number of carbonyl (C=O) groups excluding carboxylic acids is 2. The smallest absolute Gasteiger partial charge is 0.343 e. The highest BCUT2D eigenvalue weighted by Crippen LogP contribution is 2.40. The fourth-order valence-electron chi connectivity index (χ4n) is 4.59. The van der Waals surface area contributed by atoms with Crippen LogP contribution in [0.5, 0.6) is 11.5 Å². The number of amides is 1. The maximum atomic E-state index is 12.5. The molecule has 3 aromatic rings. The van der Waals surface area contributed by atoms with Gasteiger partial charge in [0.15, 0.2) is 5.75 Å². The Labute approximate surface area is 241 Å². The van der Waals surface area contributed by atoms with Crippen molar-refractivity contribution in [1.29, 1.82) is 0 Å². The standard InChI is InChI=1S/C33H38N2O6/c1-33(2,22-24-13-14-24)32(39)34-19-8-20-40-26-17-15-23(16-18-26)21-28(30(36)37)35-27-11-6-7-12-29(27)41-31(38)25-9-4-3-5-10-25/h3-7,9-12,15-18,24,28,35H,8,13-14,19-22H2,1-2H3,(H,34,39)(H,36,37). The Morgan fingerprint density at radius 3 is 2.32 bits per heavy atom. The van der Waals surface area contributed by atoms with Crippen LogP contribution in [-0.4, -0.2) is 42.1 Å². The average Bonchev–Trinajstić information content (AvgIpc) is 3.78. The number of anilines is 1. The highest BCUT2D eigenvalue weighted by Gasteiger charge is 2.35. The van der Waals surface area contributed by atoms with Gasteiger partial charge in [-0.3, -0.25) is 4.79 Å². The van der Waals surface area contributed by atoms with Crippen LogP contribution in [-0.2, 0) is 16.0 Å². The van der Waals surface area contributed by atoms with E-state index in [0.717, 1.165) is 12.0 Å². The second-order valence-corrected chi connectivity index (χ2v) is 11.1. The van der Waals surface area contributed by atoms with Gasteiger partial charge in [0.05, 0.1) is 17.9 Å². The number of carboxylic acids is 1. The summed E-state index contributed by atoms with van der Waals surface area (Å²) in [5.41, 5.74) is 1.28. The molecule has 0 heterocycles. The van der Waals surface area contributed by atoms with Crippen LogP contribution in [0.3, 0.4) is 0 Å². The van der Waals surface area contributed by atoms with E-state index in [9.17, 15) is 19.5 Å². The van der Waals surface area contributed by atoms with E-state index in [-0.39, 0.29) is 23.5 Å². The number of esters is 1. The van der Waals surface area contributed by atoms with Gasteiger partial charge < -0.3 is 25.2 Å². The first-order valence-corrected chi connectivity index (χ1v) is 14.1. The number of rotatable bonds is 15. The van der Waals surface area contributed by atoms with Crippen LogP contribution in [0.4, 0.5) is 5.69 Å². The minimum atomic E-state index is -1.03. The molecule has 4 rings (SSSR count). The topological polar surface area (TPSA) is 114 Å². The molecule has 3 aromatic carbocycles. The minimum absolute atomic E-state index is 0.0901. The van der Waals surface area contributed by atoms with Crippen molar-refractivity contribution in [2.24, 2.45) is 11.3 Å². The van der Waals surface area contributed by atoms with E-state index in [2.05, 4.69) is 10.6 Å². The summed E-state index contributed by atoms with van der Waals surface area (Å²) in [5.74, 6) is 0.154. The highest BCUT2D eigenvalue weighted by molar-refractivity contribution is 5.92. The number of hydrogen-bond donors (Lipinski definition) is 3. The quantitative estimate of drug-likeness (QED) is 0.124. The summed E-state index contributed by atoms with van der Waals surface area (Å²) in [7, 11) is 0. The first-order chi connectivity index (χ1) is 19.7. The van der Waals surface area contributed by atoms with Crippen molar-refractivity contribution in [2.75, 3.05) is 18.5 Å². The second kappa shape index (κ2) is 13.8. The monoisotopic (exact) mass is 558 g/mol. The van der Waals surface area contributed by atoms with E-state index >= 15 is 0 Å². The van der Waals surface area contributed by atoms with Crippen molar-refractivity contribution in [3.63, 3.8) is 0 Å². The molecule has 1 saturated carbocycles. The van der Waals surface area contributed by atoms with Crippen LogP contribution in [0.15, 0.2) is 78.9 Å². The molecular weight excluding hydrogens is 520 g/mol. The van der Waals surface area contributed by atoms with Gasteiger partial charge >= 0.3 is 11.9 Å². The van der Waals surface area contributed by atoms with Crippen LogP contribution >= 0.6 is 0 Å². The zero-order valence-electron chi connectivity index (χ0n) is 23.6. The zero-order valence-corrected chi connectivity index (χ0v) is 23.6. The van der Waals surface area contributed by atoms with Crippen LogP contribution in [0.25, 0.3) is 0 Å². The van der Waals surface area contributed by atoms with E-state index in [1.54, 1.807) is 60.7 Å². The van der Waals surface area contributed by atoms with Gasteiger partial charge in [-0.2, -0.15) is 0 Å². The molecule has 41 heavy (non-hydrogen) atoms. The minimum Gasteiger partial charge on any atom is -0.494 e. The number of carbonyl (C=O) groups is 3. The molecular formula is C33H38N2O6. The van der Waals surface area contributed by atoms with Gasteiger partial charge in [-0.1, -0.05) is 69.2 Å². The molecule has 3 N–H and O–H groups in total. The third-order valence-electron chi connectivity index (χ3n) is 7.08. The number of ether oxygens (including phenoxy) is 2. The molecule has 1 aliphatic carbocycles. The summed E-state index contributed by atoms with van der Waals surface area (Å²) in [5, 5.41) is 15.9. The fourth-order valence-corrected chi connectivity index (χ4v) is 4.59. The van der Waals surface area contributed by atoms with Gasteiger partial charge in [0.1, 0.15) is 11.8 Å². The fraction of sp³-hybridized carbons (Fsp3) is 0.364. The number of nitrogens with one attached hydrogen (secondary N) is 2. The number of hydrogen-bond acceptors (Lipinski definition) is 6. The lowest BCUT2D eigenvalue weighted by Crippen LogP contribution is -2.38. The lowest BCUT2D eigenvalue weighted by atomic mass is 9.86. The third kappa shape index (κ3) is 9.10. The Balaban J connectivity index is 1.25. The Kier molecular flexibility index (Phi) is 10.0. The molecule has 8 nitrogen and oxygen atoms in total. The zero-order chi connectivity index (χ0) is 29.2. The normalized spacial score (nSPS) is 13.6. The number of carboxylic acid groups (broad SMARTS) is 1. The van der Waals surface area contributed by atoms with Crippen LogP contribution in [0.1, 0.15) is 55.5 Å². The molecule has 1 aliphatic rings. The Hall–Kier alpha value is -4.33. The molecule has 0 bridgehead atoms. The van der Waals surface area contributed by atoms with E-state index in [0.29, 0.717) is 42.5 Å². The average molecular weight is 559 g/mol. The van der Waals surface area contributed by atoms with Gasteiger partial charge in [0.25, 0.3) is 0 Å². The summed E-state index contributed by atoms with van der Waals surface area (Å²) < 4.78 is 11.4. The summed E-state index contributed by atoms with van der Waals surface area (Å²) >= 11 is 0. The summed E-state index contributed by atoms with van der Waals surface area (Å²) in [6, 6.07) is 21.7. The predicted octanol–water partition coefficient (Wildman–Crippen LogP) is 5.73. The van der Waals surface area contributed by atoms with E-state index in [4.69, 9.17) is 9.47 Å². The lowest BCUT2D eigenvalue weighted by Gasteiger charge is -2.23. The van der Waals surface area contributed by atoms with Crippen molar-refractivity contribution in [3.05, 3.63) is 90.0 Å². The lowest BCUT2D eigenvalue weighted by molar-refractivity contribution is -0.138. The molecule has 8 heteroatoms. The summed E-state index contributed by atoms with van der Waals surface area (Å²) in [6.45, 7) is 5.02. The maximum absolute atomic E-state index is 12.5. The predicted molar refractivity (Wildman–Crippen MR) is 157 cm³/mol. The van der Waals surface area contributed by atoms with Crippen LogP contribution in [0, 0.1) is 11.3 Å². The van der Waals surface area contributed by atoms with Gasteiger partial charge in [-0.25, -0.2) is 9.59 Å². The molecule has 1 fully saturated rings. The summed E-state index contributed by atoms with van der Waals surface area (Å²) in [6.07, 6.45) is 4.30. The highest BCUT2D eigenvalue weighted by atomic mass is 16.5. The van der Waals surface area contributed by atoms with Gasteiger partial charge in [0, 0.05) is 18.4 Å². The van der Waals surface area contributed by atoms with Gasteiger partial charge in [-0.15, -0.1) is 0 Å². The first kappa shape index (κ1) is 29.6. The largest absolute Gasteiger partial charge is 0.494 e. The van der Waals surface area contributed by atoms with Gasteiger partial charge in [0.2, 0.25) is 5.91 Å². The van der Waals surface area contributed by atoms with Crippen molar-refractivity contribution < 1.29 is 29.0 Å². The second-order valence-electron chi connectivity index (χ2n) is 11.1. The molecule has 1 unspecified atom stereocenters. The Morgan fingerprint density at radius 2 is 1.63 bits per heavy atom. The van der Waals surface area contributed by atoms with Gasteiger partial charge in [-0.05, 0) is 60.7 Å². The SMILES string of the molecule is CC(C)(CC1CC1)C(=O)NCCCOc1ccc(CC(Nc2ccccc2OC(=O)c2ccccc2)C(=O)O)cc1. The molecule has 0 spiro atoms. The summed E-state index contributed by atoms with van der Waals surface area (Å²) in [4.78, 5) is 37.1. The van der Waals surface area contributed by atoms with Crippen LogP contribution in [0.2, 0.25) is 0 Å². The first-order valence-electron chi connectivity index (χ1n) is 14.1. The molecule has 0 radical (unpaired) electrons. The van der Waals surface area contributed by atoms with Crippen molar-refractivity contribution in [2.45, 2.75) is 52.0 Å². The number of para-hydroxylation sites is 2. The molecule has 1 atom stereocenters. The molecule has 216 valence electrons. The molecule has 0 aliphatic heterocycles. The van der Waals surface area contributed by atoms with Crippen LogP contribution < -0.4 is 20.1 Å². The Bertz CT molecular complexity index is 1320.